The summed E-state index contributed by atoms with van der Waals surface area (Å²) in [6.45, 7) is 8.15. The van der Waals surface area contributed by atoms with Crippen molar-refractivity contribution in [3.63, 3.8) is 0 Å². The topological polar surface area (TPSA) is 60.4 Å². The number of hydrogen-bond donors (Lipinski definition) is 0. The standard InChI is InChI=1S/C25H32O4/c1-15(2)23(28)29-22(14-26)21-8-7-19-18-6-5-16-13-17(27)9-11-24(16,3)20(18)10-12-25(19,21)4/h9,11,13-15,18-20H,5-8,10,12H2,1-4H3/b22-21-/t18-,19-,20-,24-,25-/m0/s1. The van der Waals surface area contributed by atoms with E-state index in [4.69, 9.17) is 4.74 Å². The lowest BCUT2D eigenvalue weighted by Crippen LogP contribution is -2.48. The molecule has 4 heteroatoms. The molecule has 3 saturated carbocycles. The number of aldehydes is 1. The first-order valence-corrected chi connectivity index (χ1v) is 11.1. The number of hydrogen-bond acceptors (Lipinski definition) is 4. The van der Waals surface area contributed by atoms with Crippen molar-refractivity contribution in [2.24, 2.45) is 34.5 Å². The summed E-state index contributed by atoms with van der Waals surface area (Å²) in [7, 11) is 0. The van der Waals surface area contributed by atoms with Gasteiger partial charge >= 0.3 is 5.97 Å². The SMILES string of the molecule is CC(C)C(=O)O/C(C=O)=C1/CC[C@H]2[C@@H]3CCC4=CC(=O)C=C[C@]4(C)[C@H]3CC[C@]12C. The molecule has 0 unspecified atom stereocenters. The lowest BCUT2D eigenvalue weighted by molar-refractivity contribution is -0.144. The first kappa shape index (κ1) is 20.3. The number of ketones is 1. The van der Waals surface area contributed by atoms with Crippen LogP contribution in [0.25, 0.3) is 0 Å². The van der Waals surface area contributed by atoms with Crippen molar-refractivity contribution in [3.8, 4) is 0 Å². The summed E-state index contributed by atoms with van der Waals surface area (Å²) in [5.41, 5.74) is 2.23. The van der Waals surface area contributed by atoms with Crippen LogP contribution in [-0.4, -0.2) is 18.0 Å². The Kier molecular flexibility index (Phi) is 4.95. The molecule has 0 saturated heterocycles. The van der Waals surface area contributed by atoms with E-state index in [-0.39, 0.29) is 34.3 Å². The Labute approximate surface area is 173 Å². The summed E-state index contributed by atoms with van der Waals surface area (Å²) in [5, 5.41) is 0. The second kappa shape index (κ2) is 7.07. The van der Waals surface area contributed by atoms with Gasteiger partial charge in [-0.1, -0.05) is 39.3 Å². The van der Waals surface area contributed by atoms with Gasteiger partial charge in [-0.05, 0) is 79.4 Å². The number of allylic oxidation sites excluding steroid dienone is 6. The number of fused-ring (bicyclic) bond motifs is 5. The van der Waals surface area contributed by atoms with Gasteiger partial charge in [0.15, 0.2) is 17.8 Å². The van der Waals surface area contributed by atoms with Gasteiger partial charge in [-0.15, -0.1) is 0 Å². The average Bonchev–Trinajstić information content (AvgIpc) is 3.03. The van der Waals surface area contributed by atoms with Crippen LogP contribution in [0.15, 0.2) is 35.1 Å². The lowest BCUT2D eigenvalue weighted by atomic mass is 9.48. The normalized spacial score (nSPS) is 40.0. The summed E-state index contributed by atoms with van der Waals surface area (Å²) in [5.74, 6) is 1.38. The van der Waals surface area contributed by atoms with Crippen molar-refractivity contribution in [2.75, 3.05) is 0 Å². The molecule has 0 heterocycles. The smallest absolute Gasteiger partial charge is 0.313 e. The molecule has 0 amide bonds. The van der Waals surface area contributed by atoms with Gasteiger partial charge in [-0.25, -0.2) is 0 Å². The minimum Gasteiger partial charge on any atom is -0.423 e. The van der Waals surface area contributed by atoms with E-state index in [9.17, 15) is 14.4 Å². The Bertz CT molecular complexity index is 845. The van der Waals surface area contributed by atoms with Gasteiger partial charge in [0.1, 0.15) is 0 Å². The first-order valence-electron chi connectivity index (χ1n) is 11.1. The second-order valence-corrected chi connectivity index (χ2v) is 10.1. The van der Waals surface area contributed by atoms with Crippen molar-refractivity contribution in [2.45, 2.75) is 66.2 Å². The molecule has 0 radical (unpaired) electrons. The number of carbonyl (C=O) groups excluding carboxylic acids is 3. The summed E-state index contributed by atoms with van der Waals surface area (Å²) in [4.78, 5) is 35.9. The van der Waals surface area contributed by atoms with E-state index in [1.807, 2.05) is 6.08 Å². The number of rotatable bonds is 3. The van der Waals surface area contributed by atoms with Gasteiger partial charge in [-0.2, -0.15) is 0 Å². The van der Waals surface area contributed by atoms with Crippen molar-refractivity contribution >= 4 is 18.0 Å². The number of carbonyl (C=O) groups is 3. The maximum absolute atomic E-state index is 12.1. The Balaban J connectivity index is 1.65. The summed E-state index contributed by atoms with van der Waals surface area (Å²) in [6, 6.07) is 0. The van der Waals surface area contributed by atoms with Crippen LogP contribution in [0.1, 0.15) is 66.2 Å². The van der Waals surface area contributed by atoms with E-state index in [1.165, 1.54) is 5.57 Å². The molecule has 0 aromatic heterocycles. The monoisotopic (exact) mass is 396 g/mol. The van der Waals surface area contributed by atoms with Crippen molar-refractivity contribution in [1.82, 2.24) is 0 Å². The lowest BCUT2D eigenvalue weighted by Gasteiger charge is -2.56. The summed E-state index contributed by atoms with van der Waals surface area (Å²) in [6.07, 6.45) is 12.5. The highest BCUT2D eigenvalue weighted by Crippen LogP contribution is 2.66. The zero-order valence-electron chi connectivity index (χ0n) is 18.0. The van der Waals surface area contributed by atoms with E-state index < -0.39 is 0 Å². The van der Waals surface area contributed by atoms with Gasteiger partial charge < -0.3 is 4.74 Å². The predicted octanol–water partition coefficient (Wildman–Crippen LogP) is 4.95. The van der Waals surface area contributed by atoms with Crippen molar-refractivity contribution in [3.05, 3.63) is 35.1 Å². The van der Waals surface area contributed by atoms with E-state index in [0.29, 0.717) is 17.8 Å². The quantitative estimate of drug-likeness (QED) is 0.293. The zero-order valence-corrected chi connectivity index (χ0v) is 18.0. The molecule has 0 bridgehead atoms. The van der Waals surface area contributed by atoms with Crippen LogP contribution < -0.4 is 0 Å². The molecular formula is C25H32O4. The third kappa shape index (κ3) is 3.06. The van der Waals surface area contributed by atoms with Crippen LogP contribution in [0.2, 0.25) is 0 Å². The molecule has 0 aromatic carbocycles. The highest BCUT2D eigenvalue weighted by Gasteiger charge is 2.57. The fourth-order valence-electron chi connectivity index (χ4n) is 6.80. The molecule has 4 aliphatic carbocycles. The maximum atomic E-state index is 12.1. The van der Waals surface area contributed by atoms with Crippen LogP contribution in [0.4, 0.5) is 0 Å². The Morgan fingerprint density at radius 3 is 2.62 bits per heavy atom. The Morgan fingerprint density at radius 2 is 1.93 bits per heavy atom. The second-order valence-electron chi connectivity index (χ2n) is 10.1. The van der Waals surface area contributed by atoms with E-state index in [0.717, 1.165) is 50.4 Å². The van der Waals surface area contributed by atoms with E-state index in [2.05, 4.69) is 19.9 Å². The molecule has 3 fully saturated rings. The van der Waals surface area contributed by atoms with Gasteiger partial charge in [0.25, 0.3) is 0 Å². The van der Waals surface area contributed by atoms with Crippen LogP contribution in [0, 0.1) is 34.5 Å². The highest BCUT2D eigenvalue weighted by molar-refractivity contribution is 6.01. The molecule has 4 nitrogen and oxygen atoms in total. The maximum Gasteiger partial charge on any atom is 0.313 e. The third-order valence-corrected chi connectivity index (χ3v) is 8.43. The van der Waals surface area contributed by atoms with Crippen LogP contribution in [-0.2, 0) is 19.1 Å². The van der Waals surface area contributed by atoms with Gasteiger partial charge in [0.2, 0.25) is 0 Å². The minimum absolute atomic E-state index is 0.0256. The third-order valence-electron chi connectivity index (χ3n) is 8.43. The predicted molar refractivity (Wildman–Crippen MR) is 111 cm³/mol. The van der Waals surface area contributed by atoms with Crippen LogP contribution >= 0.6 is 0 Å². The average molecular weight is 397 g/mol. The molecule has 4 aliphatic rings. The molecule has 0 aliphatic heterocycles. The molecule has 5 atom stereocenters. The highest BCUT2D eigenvalue weighted by atomic mass is 16.5. The van der Waals surface area contributed by atoms with Gasteiger partial charge in [0.05, 0.1) is 5.92 Å². The minimum atomic E-state index is -0.336. The summed E-state index contributed by atoms with van der Waals surface area (Å²) < 4.78 is 5.53. The Morgan fingerprint density at radius 1 is 1.17 bits per heavy atom. The van der Waals surface area contributed by atoms with E-state index >= 15 is 0 Å². The molecule has 0 aromatic rings. The number of esters is 1. The Hall–Kier alpha value is -1.97. The molecular weight excluding hydrogens is 364 g/mol. The molecule has 0 N–H and O–H groups in total. The molecule has 156 valence electrons. The fraction of sp³-hybridized carbons (Fsp3) is 0.640. The van der Waals surface area contributed by atoms with Crippen molar-refractivity contribution in [1.29, 1.82) is 0 Å². The molecule has 29 heavy (non-hydrogen) atoms. The summed E-state index contributed by atoms with van der Waals surface area (Å²) >= 11 is 0. The van der Waals surface area contributed by atoms with Crippen LogP contribution in [0.5, 0.6) is 0 Å². The van der Waals surface area contributed by atoms with Crippen molar-refractivity contribution < 1.29 is 19.1 Å². The largest absolute Gasteiger partial charge is 0.423 e. The van der Waals surface area contributed by atoms with E-state index in [1.54, 1.807) is 19.9 Å². The first-order chi connectivity index (χ1) is 13.7. The molecule has 0 spiro atoms. The fourth-order valence-corrected chi connectivity index (χ4v) is 6.80. The zero-order chi connectivity index (χ0) is 21.0. The van der Waals surface area contributed by atoms with Gasteiger partial charge in [0, 0.05) is 5.41 Å². The van der Waals surface area contributed by atoms with Crippen LogP contribution in [0.3, 0.4) is 0 Å². The van der Waals surface area contributed by atoms with Gasteiger partial charge in [-0.3, -0.25) is 14.4 Å². The number of ether oxygens (including phenoxy) is 1. The molecule has 4 rings (SSSR count).